The highest BCUT2D eigenvalue weighted by molar-refractivity contribution is 6.03. The molecule has 0 radical (unpaired) electrons. The molecule has 0 aliphatic heterocycles. The van der Waals surface area contributed by atoms with E-state index in [2.05, 4.69) is 15.3 Å². The lowest BCUT2D eigenvalue weighted by atomic mass is 10.2. The number of carbonyl (C=O) groups is 2. The quantitative estimate of drug-likeness (QED) is 0.743. The van der Waals surface area contributed by atoms with Gasteiger partial charge in [0, 0.05) is 18.6 Å². The first-order valence-corrected chi connectivity index (χ1v) is 4.80. The van der Waals surface area contributed by atoms with Gasteiger partial charge in [-0.2, -0.15) is 0 Å². The van der Waals surface area contributed by atoms with Gasteiger partial charge in [-0.3, -0.25) is 9.78 Å². The van der Waals surface area contributed by atoms with E-state index < -0.39 is 5.97 Å². The molecule has 1 amide bonds. The van der Waals surface area contributed by atoms with Gasteiger partial charge >= 0.3 is 5.97 Å². The summed E-state index contributed by atoms with van der Waals surface area (Å²) >= 11 is 0. The number of aromatic amines is 1. The van der Waals surface area contributed by atoms with Gasteiger partial charge in [0.25, 0.3) is 5.91 Å². The first kappa shape index (κ1) is 10.9. The maximum Gasteiger partial charge on any atom is 0.337 e. The molecule has 6 nitrogen and oxygen atoms in total. The summed E-state index contributed by atoms with van der Waals surface area (Å²) in [6.45, 7) is 0. The Morgan fingerprint density at radius 2 is 2.12 bits per heavy atom. The predicted molar refractivity (Wildman–Crippen MR) is 59.9 cm³/mol. The van der Waals surface area contributed by atoms with Gasteiger partial charge in [0.2, 0.25) is 0 Å². The van der Waals surface area contributed by atoms with Crippen molar-refractivity contribution in [2.24, 2.45) is 0 Å². The molecular weight excluding hydrogens is 222 g/mol. The van der Waals surface area contributed by atoms with Crippen molar-refractivity contribution in [2.75, 3.05) is 5.32 Å². The second kappa shape index (κ2) is 4.48. The van der Waals surface area contributed by atoms with Gasteiger partial charge < -0.3 is 15.4 Å². The van der Waals surface area contributed by atoms with E-state index in [1.54, 1.807) is 18.5 Å². The molecule has 0 aliphatic carbocycles. The van der Waals surface area contributed by atoms with Crippen LogP contribution in [0.4, 0.5) is 5.69 Å². The monoisotopic (exact) mass is 231 g/mol. The van der Waals surface area contributed by atoms with E-state index in [1.807, 2.05) is 0 Å². The zero-order valence-corrected chi connectivity index (χ0v) is 8.68. The molecule has 0 unspecified atom stereocenters. The number of carboxylic acids is 1. The SMILES string of the molecule is O=C(O)c1ccc(C(=O)Nc2cc[nH]c2)nc1. The topological polar surface area (TPSA) is 95.1 Å². The molecule has 3 N–H and O–H groups in total. The first-order chi connectivity index (χ1) is 8.16. The Kier molecular flexibility index (Phi) is 2.87. The summed E-state index contributed by atoms with van der Waals surface area (Å²) in [6, 6.07) is 4.40. The zero-order valence-electron chi connectivity index (χ0n) is 8.68. The lowest BCUT2D eigenvalue weighted by Gasteiger charge is -2.01. The van der Waals surface area contributed by atoms with Gasteiger partial charge in [-0.25, -0.2) is 4.79 Å². The number of nitrogens with zero attached hydrogens (tertiary/aromatic N) is 1. The van der Waals surface area contributed by atoms with Crippen LogP contribution in [0.2, 0.25) is 0 Å². The third-order valence-corrected chi connectivity index (χ3v) is 2.10. The number of hydrogen-bond donors (Lipinski definition) is 3. The first-order valence-electron chi connectivity index (χ1n) is 4.80. The molecule has 2 aromatic rings. The van der Waals surface area contributed by atoms with Crippen LogP contribution in [0.1, 0.15) is 20.8 Å². The fraction of sp³-hybridized carbons (Fsp3) is 0. The van der Waals surface area contributed by atoms with Crippen LogP contribution in [0, 0.1) is 0 Å². The fourth-order valence-corrected chi connectivity index (χ4v) is 1.25. The molecule has 2 aromatic heterocycles. The van der Waals surface area contributed by atoms with E-state index >= 15 is 0 Å². The summed E-state index contributed by atoms with van der Waals surface area (Å²) in [6.07, 6.45) is 4.45. The van der Waals surface area contributed by atoms with Crippen LogP contribution < -0.4 is 5.32 Å². The minimum absolute atomic E-state index is 0.0446. The normalized spacial score (nSPS) is 9.88. The highest BCUT2D eigenvalue weighted by Gasteiger charge is 2.09. The molecular formula is C11H9N3O3. The number of carboxylic acid groups (broad SMARTS) is 1. The Hall–Kier alpha value is -2.63. The summed E-state index contributed by atoms with van der Waals surface area (Å²) in [5.41, 5.74) is 0.832. The predicted octanol–water partition coefficient (Wildman–Crippen LogP) is 1.36. The summed E-state index contributed by atoms with van der Waals surface area (Å²) < 4.78 is 0. The van der Waals surface area contributed by atoms with Crippen LogP contribution in [-0.2, 0) is 0 Å². The third kappa shape index (κ3) is 2.49. The van der Waals surface area contributed by atoms with Gasteiger partial charge in [0.15, 0.2) is 0 Å². The molecule has 0 aromatic carbocycles. The number of H-pyrrole nitrogens is 1. The van der Waals surface area contributed by atoms with Crippen LogP contribution in [0.15, 0.2) is 36.8 Å². The van der Waals surface area contributed by atoms with Gasteiger partial charge in [0.05, 0.1) is 11.3 Å². The van der Waals surface area contributed by atoms with E-state index in [0.29, 0.717) is 5.69 Å². The Balaban J connectivity index is 2.12. The maximum atomic E-state index is 11.7. The minimum Gasteiger partial charge on any atom is -0.478 e. The lowest BCUT2D eigenvalue weighted by molar-refractivity contribution is 0.0696. The van der Waals surface area contributed by atoms with E-state index in [4.69, 9.17) is 5.11 Å². The average Bonchev–Trinajstić information content (AvgIpc) is 2.82. The van der Waals surface area contributed by atoms with Crippen LogP contribution in [0.25, 0.3) is 0 Å². The van der Waals surface area contributed by atoms with E-state index in [-0.39, 0.29) is 17.2 Å². The van der Waals surface area contributed by atoms with Crippen LogP contribution in [0.3, 0.4) is 0 Å². The number of aromatic carboxylic acids is 1. The van der Waals surface area contributed by atoms with Crippen LogP contribution in [-0.4, -0.2) is 27.0 Å². The summed E-state index contributed by atoms with van der Waals surface area (Å²) in [5.74, 6) is -1.46. The number of hydrogen-bond acceptors (Lipinski definition) is 3. The molecule has 0 atom stereocenters. The van der Waals surface area contributed by atoms with Gasteiger partial charge in [-0.15, -0.1) is 0 Å². The zero-order chi connectivity index (χ0) is 12.3. The number of pyridine rings is 1. The maximum absolute atomic E-state index is 11.7. The fourth-order valence-electron chi connectivity index (χ4n) is 1.25. The third-order valence-electron chi connectivity index (χ3n) is 2.10. The molecule has 2 rings (SSSR count). The molecule has 6 heteroatoms. The van der Waals surface area contributed by atoms with Crippen molar-refractivity contribution >= 4 is 17.6 Å². The molecule has 0 bridgehead atoms. The standard InChI is InChI=1S/C11H9N3O3/c15-10(14-8-3-4-12-6-8)9-2-1-7(5-13-9)11(16)17/h1-6,12H,(H,14,15)(H,16,17). The number of aromatic nitrogens is 2. The van der Waals surface area contributed by atoms with Crippen molar-refractivity contribution in [1.29, 1.82) is 0 Å². The van der Waals surface area contributed by atoms with Gasteiger partial charge in [-0.1, -0.05) is 0 Å². The van der Waals surface area contributed by atoms with Crippen molar-refractivity contribution in [2.45, 2.75) is 0 Å². The van der Waals surface area contributed by atoms with E-state index in [1.165, 1.54) is 12.1 Å². The Morgan fingerprint density at radius 1 is 1.29 bits per heavy atom. The molecule has 0 fully saturated rings. The van der Waals surface area contributed by atoms with E-state index in [9.17, 15) is 9.59 Å². The number of rotatable bonds is 3. The van der Waals surface area contributed by atoms with Crippen molar-refractivity contribution in [3.05, 3.63) is 48.0 Å². The Labute approximate surface area is 96.3 Å². The Morgan fingerprint density at radius 3 is 2.65 bits per heavy atom. The van der Waals surface area contributed by atoms with Crippen molar-refractivity contribution in [3.63, 3.8) is 0 Å². The summed E-state index contributed by atoms with van der Waals surface area (Å²) in [5, 5.41) is 11.3. The molecule has 2 heterocycles. The summed E-state index contributed by atoms with van der Waals surface area (Å²) in [4.78, 5) is 28.8. The number of nitrogens with one attached hydrogen (secondary N) is 2. The molecule has 0 aliphatic rings. The molecule has 0 saturated carbocycles. The highest BCUT2D eigenvalue weighted by Crippen LogP contribution is 2.07. The average molecular weight is 231 g/mol. The van der Waals surface area contributed by atoms with Gasteiger partial charge in [0.1, 0.15) is 5.69 Å². The molecule has 0 spiro atoms. The lowest BCUT2D eigenvalue weighted by Crippen LogP contribution is -2.13. The van der Waals surface area contributed by atoms with Crippen molar-refractivity contribution in [1.82, 2.24) is 9.97 Å². The summed E-state index contributed by atoms with van der Waals surface area (Å²) in [7, 11) is 0. The van der Waals surface area contributed by atoms with Crippen molar-refractivity contribution in [3.8, 4) is 0 Å². The van der Waals surface area contributed by atoms with E-state index in [0.717, 1.165) is 6.20 Å². The van der Waals surface area contributed by atoms with Crippen molar-refractivity contribution < 1.29 is 14.7 Å². The highest BCUT2D eigenvalue weighted by atomic mass is 16.4. The second-order valence-corrected chi connectivity index (χ2v) is 3.29. The smallest absolute Gasteiger partial charge is 0.337 e. The van der Waals surface area contributed by atoms with Crippen LogP contribution >= 0.6 is 0 Å². The second-order valence-electron chi connectivity index (χ2n) is 3.29. The number of anilines is 1. The molecule has 17 heavy (non-hydrogen) atoms. The van der Waals surface area contributed by atoms with Gasteiger partial charge in [-0.05, 0) is 18.2 Å². The minimum atomic E-state index is -1.07. The number of carbonyl (C=O) groups excluding carboxylic acids is 1. The largest absolute Gasteiger partial charge is 0.478 e. The molecule has 86 valence electrons. The Bertz CT molecular complexity index is 532. The van der Waals surface area contributed by atoms with Crippen LogP contribution in [0.5, 0.6) is 0 Å². The number of amides is 1. The molecule has 0 saturated heterocycles.